The average molecular weight is 561 g/mol. The first-order chi connectivity index (χ1) is 17.6. The Labute approximate surface area is 231 Å². The zero-order chi connectivity index (χ0) is 28.6. The third kappa shape index (κ3) is 10.1. The number of nitrogens with zero attached hydrogens (tertiary/aromatic N) is 1. The van der Waals surface area contributed by atoms with Crippen LogP contribution in [0.4, 0.5) is 5.69 Å². The van der Waals surface area contributed by atoms with Crippen molar-refractivity contribution >= 4 is 31.1 Å². The molecule has 0 heterocycles. The predicted molar refractivity (Wildman–Crippen MR) is 160 cm³/mol. The van der Waals surface area contributed by atoms with Gasteiger partial charge >= 0.3 is 0 Å². The van der Waals surface area contributed by atoms with Gasteiger partial charge in [-0.3, -0.25) is 10.1 Å². The summed E-state index contributed by atoms with van der Waals surface area (Å²) in [5, 5.41) is 10.9. The highest BCUT2D eigenvalue weighted by atomic mass is 32.2. The molecule has 0 saturated carbocycles. The smallest absolute Gasteiger partial charge is 0.269 e. The minimum Gasteiger partial charge on any atom is -0.491 e. The Morgan fingerprint density at radius 3 is 2.16 bits per heavy atom. The van der Waals surface area contributed by atoms with Crippen molar-refractivity contribution in [1.82, 2.24) is 4.72 Å². The van der Waals surface area contributed by atoms with E-state index in [1.807, 2.05) is 63.3 Å². The lowest BCUT2D eigenvalue weighted by Gasteiger charge is -2.41. The van der Waals surface area contributed by atoms with Crippen LogP contribution < -0.4 is 9.46 Å². The van der Waals surface area contributed by atoms with Crippen molar-refractivity contribution in [1.29, 1.82) is 0 Å². The Bertz CT molecular complexity index is 1080. The first kappa shape index (κ1) is 31.9. The minimum atomic E-state index is -2.17. The van der Waals surface area contributed by atoms with E-state index >= 15 is 0 Å². The number of hydrogen-bond donors (Lipinski definition) is 1. The fourth-order valence-corrected chi connectivity index (χ4v) is 5.56. The SMILES string of the molecule is CC(C)(C)[S@](=O)N[C@H](CCC=Cc1ccc([N+](=O)[O-])cc1)[C@@H](COc1ccccc1)O[Si](C)(C)C(C)(C)C. The third-order valence-corrected chi connectivity index (χ3v) is 12.9. The fourth-order valence-electron chi connectivity index (χ4n) is 3.32. The summed E-state index contributed by atoms with van der Waals surface area (Å²) in [6, 6.07) is 15.9. The third-order valence-electron chi connectivity index (χ3n) is 6.73. The summed E-state index contributed by atoms with van der Waals surface area (Å²) in [6.45, 7) is 17.2. The second-order valence-corrected chi connectivity index (χ2v) is 18.7. The maximum Gasteiger partial charge on any atom is 0.269 e. The Morgan fingerprint density at radius 1 is 1.03 bits per heavy atom. The number of ether oxygens (including phenoxy) is 1. The number of para-hydroxylation sites is 1. The van der Waals surface area contributed by atoms with Gasteiger partial charge in [0.15, 0.2) is 8.32 Å². The zero-order valence-corrected chi connectivity index (χ0v) is 25.8. The number of nitrogens with one attached hydrogen (secondary N) is 1. The molecule has 9 heteroatoms. The fraction of sp³-hybridized carbons (Fsp3) is 0.517. The van der Waals surface area contributed by atoms with Gasteiger partial charge in [0.05, 0.1) is 26.8 Å². The lowest BCUT2D eigenvalue weighted by Crippen LogP contribution is -2.54. The Morgan fingerprint density at radius 2 is 1.63 bits per heavy atom. The van der Waals surface area contributed by atoms with Crippen LogP contribution in [0.2, 0.25) is 18.1 Å². The van der Waals surface area contributed by atoms with Crippen molar-refractivity contribution in [2.45, 2.75) is 89.4 Å². The first-order valence-corrected chi connectivity index (χ1v) is 17.1. The molecule has 0 aliphatic rings. The molecule has 2 aromatic carbocycles. The number of rotatable bonds is 13. The molecule has 0 unspecified atom stereocenters. The van der Waals surface area contributed by atoms with E-state index in [1.54, 1.807) is 12.1 Å². The van der Waals surface area contributed by atoms with Crippen LogP contribution in [-0.4, -0.2) is 40.9 Å². The van der Waals surface area contributed by atoms with Gasteiger partial charge < -0.3 is 9.16 Å². The maximum absolute atomic E-state index is 13.2. The van der Waals surface area contributed by atoms with Crippen LogP contribution in [0.25, 0.3) is 6.08 Å². The molecule has 0 saturated heterocycles. The van der Waals surface area contributed by atoms with Crippen molar-refractivity contribution in [2.75, 3.05) is 6.61 Å². The zero-order valence-electron chi connectivity index (χ0n) is 24.0. The standard InChI is InChI=1S/C29H44N2O5SSi/c1-28(2,3)37(34)30-26(17-13-12-14-23-18-20-24(21-19-23)31(32)33)27(36-38(7,8)29(4,5)6)22-35-25-15-10-9-11-16-25/h9-12,14-16,18-21,26-27,30H,13,17,22H2,1-8H3/t26-,27-,37+/m1/s1. The number of nitro benzene ring substituents is 1. The van der Waals surface area contributed by atoms with Crippen molar-refractivity contribution in [3.63, 3.8) is 0 Å². The Balaban J connectivity index is 2.26. The highest BCUT2D eigenvalue weighted by Gasteiger charge is 2.41. The lowest BCUT2D eigenvalue weighted by atomic mass is 10.1. The Kier molecular flexibility index (Phi) is 11.4. The van der Waals surface area contributed by atoms with E-state index in [2.05, 4.69) is 38.6 Å². The molecule has 3 atom stereocenters. The van der Waals surface area contributed by atoms with E-state index in [1.165, 1.54) is 12.1 Å². The molecule has 7 nitrogen and oxygen atoms in total. The molecule has 38 heavy (non-hydrogen) atoms. The number of non-ortho nitro benzene ring substituents is 1. The highest BCUT2D eigenvalue weighted by molar-refractivity contribution is 7.84. The normalized spacial score (nSPS) is 15.3. The summed E-state index contributed by atoms with van der Waals surface area (Å²) in [5.41, 5.74) is 0.958. The highest BCUT2D eigenvalue weighted by Crippen LogP contribution is 2.38. The summed E-state index contributed by atoms with van der Waals surface area (Å²) < 4.78 is 29.2. The van der Waals surface area contributed by atoms with Crippen LogP contribution >= 0.6 is 0 Å². The molecule has 0 radical (unpaired) electrons. The van der Waals surface area contributed by atoms with Crippen molar-refractivity contribution in [2.24, 2.45) is 0 Å². The molecule has 0 spiro atoms. The molecular weight excluding hydrogens is 516 g/mol. The molecule has 210 valence electrons. The van der Waals surface area contributed by atoms with Crippen LogP contribution in [0.15, 0.2) is 60.7 Å². The molecule has 0 aliphatic heterocycles. The topological polar surface area (TPSA) is 90.7 Å². The van der Waals surface area contributed by atoms with Crippen molar-refractivity contribution in [3.05, 3.63) is 76.4 Å². The average Bonchev–Trinajstić information content (AvgIpc) is 2.83. The lowest BCUT2D eigenvalue weighted by molar-refractivity contribution is -0.384. The molecule has 0 aliphatic carbocycles. The molecule has 2 aromatic rings. The Hall–Kier alpha value is -2.33. The van der Waals surface area contributed by atoms with Gasteiger partial charge in [0.1, 0.15) is 12.4 Å². The van der Waals surface area contributed by atoms with Gasteiger partial charge in [-0.05, 0) is 81.6 Å². The van der Waals surface area contributed by atoms with E-state index in [4.69, 9.17) is 9.16 Å². The van der Waals surface area contributed by atoms with Gasteiger partial charge in [-0.1, -0.05) is 51.1 Å². The molecule has 0 fully saturated rings. The summed E-state index contributed by atoms with van der Waals surface area (Å²) in [7, 11) is -3.46. The number of nitro groups is 1. The summed E-state index contributed by atoms with van der Waals surface area (Å²) in [4.78, 5) is 10.5. The van der Waals surface area contributed by atoms with Gasteiger partial charge in [-0.15, -0.1) is 0 Å². The number of hydrogen-bond acceptors (Lipinski definition) is 5. The van der Waals surface area contributed by atoms with Crippen LogP contribution in [0.5, 0.6) is 5.75 Å². The molecule has 0 bridgehead atoms. The summed E-state index contributed by atoms with van der Waals surface area (Å²) in [6.07, 6.45) is 5.07. The van der Waals surface area contributed by atoms with Gasteiger partial charge in [0, 0.05) is 18.2 Å². The summed E-state index contributed by atoms with van der Waals surface area (Å²) >= 11 is 0. The van der Waals surface area contributed by atoms with Crippen LogP contribution in [0, 0.1) is 10.1 Å². The van der Waals surface area contributed by atoms with Gasteiger partial charge in [0.25, 0.3) is 5.69 Å². The van der Waals surface area contributed by atoms with Crippen molar-refractivity contribution in [3.8, 4) is 5.75 Å². The molecule has 2 rings (SSSR count). The largest absolute Gasteiger partial charge is 0.491 e. The monoisotopic (exact) mass is 560 g/mol. The van der Waals surface area contributed by atoms with E-state index in [9.17, 15) is 14.3 Å². The molecule has 0 aromatic heterocycles. The van der Waals surface area contributed by atoms with E-state index < -0.39 is 29.0 Å². The van der Waals surface area contributed by atoms with Crippen molar-refractivity contribution < 1.29 is 18.3 Å². The van der Waals surface area contributed by atoms with Crippen LogP contribution in [-0.2, 0) is 15.4 Å². The number of allylic oxidation sites excluding steroid dienone is 1. The van der Waals surface area contributed by atoms with E-state index in [0.29, 0.717) is 19.4 Å². The maximum atomic E-state index is 13.2. The van der Waals surface area contributed by atoms with Crippen LogP contribution in [0.3, 0.4) is 0 Å². The van der Waals surface area contributed by atoms with Gasteiger partial charge in [0.2, 0.25) is 0 Å². The predicted octanol–water partition coefficient (Wildman–Crippen LogP) is 7.28. The summed E-state index contributed by atoms with van der Waals surface area (Å²) in [5.74, 6) is 0.769. The quantitative estimate of drug-likeness (QED) is 0.158. The second kappa shape index (κ2) is 13.6. The van der Waals surface area contributed by atoms with Crippen LogP contribution in [0.1, 0.15) is 59.9 Å². The van der Waals surface area contributed by atoms with Gasteiger partial charge in [-0.25, -0.2) is 8.93 Å². The molecule has 1 N–H and O–H groups in total. The van der Waals surface area contributed by atoms with E-state index in [0.717, 1.165) is 11.3 Å². The first-order valence-electron chi connectivity index (χ1n) is 13.0. The van der Waals surface area contributed by atoms with E-state index in [-0.39, 0.29) is 22.9 Å². The molecule has 0 amide bonds. The molecular formula is C29H44N2O5SSi. The second-order valence-electron chi connectivity index (χ2n) is 12.0. The number of benzene rings is 2. The van der Waals surface area contributed by atoms with Gasteiger partial charge in [-0.2, -0.15) is 0 Å². The minimum absolute atomic E-state index is 0.00154.